The molecule has 2 rings (SSSR count). The minimum atomic E-state index is -0.423. The van der Waals surface area contributed by atoms with Gasteiger partial charge in [0.1, 0.15) is 11.2 Å². The maximum atomic E-state index is 11.8. The Morgan fingerprint density at radius 3 is 2.94 bits per heavy atom. The highest BCUT2D eigenvalue weighted by Gasteiger charge is 2.19. The Hall–Kier alpha value is -1.55. The summed E-state index contributed by atoms with van der Waals surface area (Å²) in [7, 11) is 1.88. The number of aromatic nitrogens is 2. The van der Waals surface area contributed by atoms with E-state index in [9.17, 15) is 4.79 Å². The van der Waals surface area contributed by atoms with Gasteiger partial charge in [-0.3, -0.25) is 0 Å². The van der Waals surface area contributed by atoms with Crippen molar-refractivity contribution in [1.82, 2.24) is 9.55 Å². The first kappa shape index (κ1) is 11.9. The lowest BCUT2D eigenvalue weighted by atomic mass is 10.1. The van der Waals surface area contributed by atoms with Crippen LogP contribution in [0.15, 0.2) is 12.3 Å². The molecule has 0 radical (unpaired) electrons. The fourth-order valence-corrected chi connectivity index (χ4v) is 2.14. The van der Waals surface area contributed by atoms with E-state index in [1.165, 1.54) is 0 Å². The second-order valence-corrected chi connectivity index (χ2v) is 4.15. The molecular weight excluding hydrogens is 240 g/mol. The number of ether oxygens (including phenoxy) is 1. The maximum Gasteiger partial charge on any atom is 0.341 e. The lowest BCUT2D eigenvalue weighted by Gasteiger charge is -2.08. The minimum Gasteiger partial charge on any atom is -0.462 e. The van der Waals surface area contributed by atoms with Gasteiger partial charge in [-0.25, -0.2) is 9.78 Å². The Morgan fingerprint density at radius 2 is 2.29 bits per heavy atom. The van der Waals surface area contributed by atoms with Crippen LogP contribution in [0.2, 0.25) is 5.02 Å². The van der Waals surface area contributed by atoms with E-state index < -0.39 is 5.97 Å². The number of rotatable bonds is 2. The smallest absolute Gasteiger partial charge is 0.341 e. The summed E-state index contributed by atoms with van der Waals surface area (Å²) >= 11 is 6.24. The van der Waals surface area contributed by atoms with Crippen LogP contribution in [0.3, 0.4) is 0 Å². The molecular formula is C12H13ClN2O2. The van der Waals surface area contributed by atoms with Gasteiger partial charge in [-0.1, -0.05) is 11.6 Å². The van der Waals surface area contributed by atoms with E-state index in [1.807, 2.05) is 23.9 Å². The average molecular weight is 253 g/mol. The number of aryl methyl sites for hydroxylation is 2. The summed E-state index contributed by atoms with van der Waals surface area (Å²) in [6.07, 6.45) is 1.86. The fraction of sp³-hybridized carbons (Fsp3) is 0.333. The predicted octanol–water partition coefficient (Wildman–Crippen LogP) is 2.71. The molecule has 2 aromatic rings. The van der Waals surface area contributed by atoms with Crippen molar-refractivity contribution in [1.29, 1.82) is 0 Å². The van der Waals surface area contributed by atoms with Crippen LogP contribution in [0.25, 0.3) is 11.0 Å². The van der Waals surface area contributed by atoms with E-state index in [4.69, 9.17) is 16.3 Å². The zero-order chi connectivity index (χ0) is 12.6. The van der Waals surface area contributed by atoms with Crippen molar-refractivity contribution in [2.24, 2.45) is 7.05 Å². The first-order chi connectivity index (χ1) is 8.06. The SMILES string of the molecule is CCOC(=O)c1c(C)nc2c(ccn2C)c1Cl. The van der Waals surface area contributed by atoms with Crippen molar-refractivity contribution < 1.29 is 9.53 Å². The number of esters is 1. The molecule has 0 aliphatic rings. The van der Waals surface area contributed by atoms with Gasteiger partial charge in [0.15, 0.2) is 0 Å². The zero-order valence-corrected chi connectivity index (χ0v) is 10.7. The van der Waals surface area contributed by atoms with Gasteiger partial charge < -0.3 is 9.30 Å². The molecule has 0 saturated carbocycles. The summed E-state index contributed by atoms with van der Waals surface area (Å²) in [4.78, 5) is 16.2. The molecule has 0 N–H and O–H groups in total. The van der Waals surface area contributed by atoms with Crippen LogP contribution in [0.4, 0.5) is 0 Å². The Kier molecular flexibility index (Phi) is 3.07. The molecule has 2 aromatic heterocycles. The monoisotopic (exact) mass is 252 g/mol. The van der Waals surface area contributed by atoms with Crippen LogP contribution in [-0.4, -0.2) is 22.1 Å². The molecule has 0 saturated heterocycles. The summed E-state index contributed by atoms with van der Waals surface area (Å²) in [5.74, 6) is -0.423. The van der Waals surface area contributed by atoms with Gasteiger partial charge in [-0.15, -0.1) is 0 Å². The molecule has 17 heavy (non-hydrogen) atoms. The van der Waals surface area contributed by atoms with Gasteiger partial charge in [0, 0.05) is 18.6 Å². The zero-order valence-electron chi connectivity index (χ0n) is 9.95. The topological polar surface area (TPSA) is 44.1 Å². The number of pyridine rings is 1. The molecule has 0 fully saturated rings. The van der Waals surface area contributed by atoms with Crippen molar-refractivity contribution >= 4 is 28.6 Å². The number of hydrogen-bond donors (Lipinski definition) is 0. The Bertz CT molecular complexity index is 590. The normalized spacial score (nSPS) is 10.8. The highest BCUT2D eigenvalue weighted by atomic mass is 35.5. The van der Waals surface area contributed by atoms with Crippen molar-refractivity contribution in [3.05, 3.63) is 28.5 Å². The van der Waals surface area contributed by atoms with E-state index in [0.29, 0.717) is 22.9 Å². The Labute approximate surface area is 104 Å². The summed E-state index contributed by atoms with van der Waals surface area (Å²) in [6, 6.07) is 1.84. The standard InChI is InChI=1S/C12H13ClN2O2/c1-4-17-12(16)9-7(2)14-11-8(10(9)13)5-6-15(11)3/h5-6H,4H2,1-3H3. The first-order valence-electron chi connectivity index (χ1n) is 5.34. The third kappa shape index (κ3) is 1.89. The molecule has 2 heterocycles. The van der Waals surface area contributed by atoms with Crippen LogP contribution in [0.5, 0.6) is 0 Å². The van der Waals surface area contributed by atoms with Crippen molar-refractivity contribution in [2.75, 3.05) is 6.61 Å². The first-order valence-corrected chi connectivity index (χ1v) is 5.72. The van der Waals surface area contributed by atoms with Crippen molar-refractivity contribution in [3.63, 3.8) is 0 Å². The van der Waals surface area contributed by atoms with Gasteiger partial charge >= 0.3 is 5.97 Å². The summed E-state index contributed by atoms with van der Waals surface area (Å²) in [5, 5.41) is 1.18. The summed E-state index contributed by atoms with van der Waals surface area (Å²) in [5.41, 5.74) is 1.70. The van der Waals surface area contributed by atoms with Crippen LogP contribution >= 0.6 is 11.6 Å². The number of hydrogen-bond acceptors (Lipinski definition) is 3. The van der Waals surface area contributed by atoms with Crippen molar-refractivity contribution in [3.8, 4) is 0 Å². The maximum absolute atomic E-state index is 11.8. The molecule has 0 bridgehead atoms. The molecule has 0 spiro atoms. The predicted molar refractivity (Wildman–Crippen MR) is 66.4 cm³/mol. The average Bonchev–Trinajstić information content (AvgIpc) is 2.61. The second-order valence-electron chi connectivity index (χ2n) is 3.77. The van der Waals surface area contributed by atoms with Gasteiger partial charge in [0.25, 0.3) is 0 Å². The molecule has 4 nitrogen and oxygen atoms in total. The molecule has 0 atom stereocenters. The van der Waals surface area contributed by atoms with E-state index in [2.05, 4.69) is 4.98 Å². The number of carbonyl (C=O) groups excluding carboxylic acids is 1. The third-order valence-corrected chi connectivity index (χ3v) is 3.00. The number of fused-ring (bicyclic) bond motifs is 1. The van der Waals surface area contributed by atoms with Crippen molar-refractivity contribution in [2.45, 2.75) is 13.8 Å². The van der Waals surface area contributed by atoms with E-state index in [0.717, 1.165) is 11.0 Å². The molecule has 0 unspecified atom stereocenters. The highest BCUT2D eigenvalue weighted by molar-refractivity contribution is 6.38. The second kappa shape index (κ2) is 4.37. The minimum absolute atomic E-state index is 0.321. The largest absolute Gasteiger partial charge is 0.462 e. The number of nitrogens with zero attached hydrogens (tertiary/aromatic N) is 2. The molecule has 0 aliphatic carbocycles. The van der Waals surface area contributed by atoms with Gasteiger partial charge in [0.2, 0.25) is 0 Å². The highest BCUT2D eigenvalue weighted by Crippen LogP contribution is 2.29. The molecule has 0 amide bonds. The quantitative estimate of drug-likeness (QED) is 0.772. The lowest BCUT2D eigenvalue weighted by molar-refractivity contribution is 0.0525. The Morgan fingerprint density at radius 1 is 1.59 bits per heavy atom. The van der Waals surface area contributed by atoms with E-state index >= 15 is 0 Å². The number of halogens is 1. The fourth-order valence-electron chi connectivity index (χ4n) is 1.78. The lowest BCUT2D eigenvalue weighted by Crippen LogP contribution is -2.09. The number of carbonyl (C=O) groups is 1. The van der Waals surface area contributed by atoms with Gasteiger partial charge in [-0.2, -0.15) is 0 Å². The van der Waals surface area contributed by atoms with Gasteiger partial charge in [-0.05, 0) is 19.9 Å². The van der Waals surface area contributed by atoms with Crippen LogP contribution in [-0.2, 0) is 11.8 Å². The summed E-state index contributed by atoms with van der Waals surface area (Å²) in [6.45, 7) is 3.83. The molecule has 90 valence electrons. The van der Waals surface area contributed by atoms with Crippen LogP contribution in [0.1, 0.15) is 23.0 Å². The van der Waals surface area contributed by atoms with Crippen LogP contribution in [0, 0.1) is 6.92 Å². The van der Waals surface area contributed by atoms with Gasteiger partial charge in [0.05, 0.1) is 17.3 Å². The van der Waals surface area contributed by atoms with E-state index in [-0.39, 0.29) is 0 Å². The van der Waals surface area contributed by atoms with E-state index in [1.54, 1.807) is 13.8 Å². The third-order valence-electron chi connectivity index (χ3n) is 2.61. The molecule has 5 heteroatoms. The summed E-state index contributed by atoms with van der Waals surface area (Å²) < 4.78 is 6.84. The van der Waals surface area contributed by atoms with Crippen LogP contribution < -0.4 is 0 Å². The molecule has 0 aliphatic heterocycles. The Balaban J connectivity index is 2.68. The molecule has 0 aromatic carbocycles.